The van der Waals surface area contributed by atoms with Gasteiger partial charge in [-0.25, -0.2) is 0 Å². The molecular weight excluding hydrogens is 875 g/mol. The molecule has 414 valence electrons. The van der Waals surface area contributed by atoms with E-state index >= 15 is 0 Å². The topological polar surface area (TPSA) is 95.9 Å². The summed E-state index contributed by atoms with van der Waals surface area (Å²) in [6, 6.07) is -0.634. The summed E-state index contributed by atoms with van der Waals surface area (Å²) in [6.07, 6.45) is 78.4. The van der Waals surface area contributed by atoms with Crippen LogP contribution in [0.1, 0.15) is 316 Å². The summed E-state index contributed by atoms with van der Waals surface area (Å²) in [4.78, 5) is 24.5. The minimum atomic E-state index is -0.850. The molecule has 0 aliphatic heterocycles. The number of allylic oxidation sites excluding steroid dienone is 8. The summed E-state index contributed by atoms with van der Waals surface area (Å²) in [5.41, 5.74) is 0. The molecule has 0 rings (SSSR count). The van der Waals surface area contributed by atoms with Crippen LogP contribution in [0, 0.1) is 0 Å². The summed E-state index contributed by atoms with van der Waals surface area (Å²) in [6.45, 7) is 4.77. The van der Waals surface area contributed by atoms with Crippen molar-refractivity contribution in [3.05, 3.63) is 60.8 Å². The number of amides is 1. The molecule has 0 saturated carbocycles. The predicted octanol–water partition coefficient (Wildman–Crippen LogP) is 19.5. The van der Waals surface area contributed by atoms with Crippen molar-refractivity contribution in [2.45, 2.75) is 328 Å². The zero-order chi connectivity index (χ0) is 51.4. The van der Waals surface area contributed by atoms with Crippen LogP contribution in [0.3, 0.4) is 0 Å². The maximum Gasteiger partial charge on any atom is 0.305 e. The molecule has 6 nitrogen and oxygen atoms in total. The Balaban J connectivity index is 3.50. The maximum atomic E-state index is 12.5. The van der Waals surface area contributed by atoms with Crippen LogP contribution in [0.2, 0.25) is 0 Å². The summed E-state index contributed by atoms with van der Waals surface area (Å²) >= 11 is 0. The Hall–Kier alpha value is -2.44. The van der Waals surface area contributed by atoms with E-state index in [2.05, 4.69) is 67.8 Å². The highest BCUT2D eigenvalue weighted by atomic mass is 16.5. The fourth-order valence-corrected chi connectivity index (χ4v) is 9.27. The lowest BCUT2D eigenvalue weighted by Crippen LogP contribution is -2.45. The fourth-order valence-electron chi connectivity index (χ4n) is 9.27. The van der Waals surface area contributed by atoms with Gasteiger partial charge in [0.05, 0.1) is 25.4 Å². The predicted molar refractivity (Wildman–Crippen MR) is 310 cm³/mol. The number of nitrogens with one attached hydrogen (secondary N) is 1. The number of unbranched alkanes of at least 4 members (excludes halogenated alkanes) is 38. The number of esters is 1. The molecule has 1 amide bonds. The number of carbonyl (C=O) groups excluding carboxylic acids is 2. The van der Waals surface area contributed by atoms with Crippen LogP contribution in [-0.4, -0.2) is 47.4 Å². The molecule has 0 saturated heterocycles. The second-order valence-electron chi connectivity index (χ2n) is 21.0. The third kappa shape index (κ3) is 56.7. The van der Waals surface area contributed by atoms with Gasteiger partial charge in [0.1, 0.15) is 0 Å². The van der Waals surface area contributed by atoms with Gasteiger partial charge in [-0.15, -0.1) is 0 Å². The van der Waals surface area contributed by atoms with E-state index in [1.807, 2.05) is 6.08 Å². The summed E-state index contributed by atoms with van der Waals surface area (Å²) in [5.74, 6) is -0.122. The van der Waals surface area contributed by atoms with Crippen molar-refractivity contribution in [2.24, 2.45) is 0 Å². The lowest BCUT2D eigenvalue weighted by atomic mass is 10.0. The second-order valence-corrected chi connectivity index (χ2v) is 21.0. The molecule has 0 aromatic carbocycles. The smallest absolute Gasteiger partial charge is 0.305 e. The molecular formula is C65H119NO5. The highest BCUT2D eigenvalue weighted by molar-refractivity contribution is 5.76. The van der Waals surface area contributed by atoms with E-state index in [9.17, 15) is 19.8 Å². The highest BCUT2D eigenvalue weighted by Gasteiger charge is 2.18. The summed E-state index contributed by atoms with van der Waals surface area (Å²) < 4.78 is 5.41. The second kappa shape index (κ2) is 60.1. The van der Waals surface area contributed by atoms with Crippen molar-refractivity contribution in [2.75, 3.05) is 13.2 Å². The van der Waals surface area contributed by atoms with Crippen LogP contribution in [0.4, 0.5) is 0 Å². The zero-order valence-corrected chi connectivity index (χ0v) is 47.2. The van der Waals surface area contributed by atoms with E-state index < -0.39 is 12.1 Å². The number of hydrogen-bond acceptors (Lipinski definition) is 5. The Morgan fingerprint density at radius 2 is 0.704 bits per heavy atom. The number of ether oxygens (including phenoxy) is 1. The molecule has 0 aromatic rings. The average Bonchev–Trinajstić information content (AvgIpc) is 3.37. The van der Waals surface area contributed by atoms with E-state index in [0.29, 0.717) is 19.4 Å². The lowest BCUT2D eigenvalue weighted by Gasteiger charge is -2.20. The molecule has 3 N–H and O–H groups in total. The molecule has 0 aliphatic rings. The van der Waals surface area contributed by atoms with Crippen molar-refractivity contribution >= 4 is 11.9 Å². The van der Waals surface area contributed by atoms with Crippen LogP contribution in [0.15, 0.2) is 60.8 Å². The van der Waals surface area contributed by atoms with Gasteiger partial charge in [-0.05, 0) is 83.5 Å². The van der Waals surface area contributed by atoms with Gasteiger partial charge in [0, 0.05) is 12.8 Å². The first-order valence-electron chi connectivity index (χ1n) is 31.1. The van der Waals surface area contributed by atoms with Gasteiger partial charge in [0.2, 0.25) is 5.91 Å². The van der Waals surface area contributed by atoms with Crippen molar-refractivity contribution in [1.29, 1.82) is 0 Å². The molecule has 0 heterocycles. The number of hydrogen-bond donors (Lipinski definition) is 3. The number of rotatable bonds is 57. The fraction of sp³-hybridized carbons (Fsp3) is 0.815. The standard InChI is InChI=1S/C65H119NO5/c1-3-5-7-9-11-13-15-17-19-20-26-30-33-37-41-45-49-53-57-63(68)62(61-67)66-64(69)58-54-50-46-42-38-34-31-27-24-22-21-23-25-28-32-36-40-44-48-52-56-60-71-65(70)59-55-51-47-43-39-35-29-18-16-14-12-10-8-6-4-2/h12,14,18,29,36,40,48,52-53,57,62-63,67-68H,3-11,13,15-17,19-28,30-35,37-39,41-47,49-51,54-56,58-61H2,1-2H3,(H,66,69)/b14-12-,29-18-,40-36-,52-48-,57-53+. The van der Waals surface area contributed by atoms with Crippen LogP contribution in [0.25, 0.3) is 0 Å². The first kappa shape index (κ1) is 68.6. The Labute approximate surface area is 441 Å². The quantitative estimate of drug-likeness (QED) is 0.0321. The van der Waals surface area contributed by atoms with E-state index in [1.165, 1.54) is 225 Å². The normalized spacial score (nSPS) is 13.0. The van der Waals surface area contributed by atoms with Crippen molar-refractivity contribution in [3.8, 4) is 0 Å². The van der Waals surface area contributed by atoms with Gasteiger partial charge in [-0.2, -0.15) is 0 Å². The average molecular weight is 995 g/mol. The Bertz CT molecular complexity index is 1240. The molecule has 0 aromatic heterocycles. The third-order valence-corrected chi connectivity index (χ3v) is 14.0. The Morgan fingerprint density at radius 1 is 0.394 bits per heavy atom. The number of aliphatic hydroxyl groups is 2. The van der Waals surface area contributed by atoms with Crippen LogP contribution >= 0.6 is 0 Å². The first-order chi connectivity index (χ1) is 35.0. The summed E-state index contributed by atoms with van der Waals surface area (Å²) in [5, 5.41) is 23.2. The molecule has 0 fully saturated rings. The molecule has 0 aliphatic carbocycles. The molecule has 2 atom stereocenters. The lowest BCUT2D eigenvalue weighted by molar-refractivity contribution is -0.143. The highest BCUT2D eigenvalue weighted by Crippen LogP contribution is 2.17. The van der Waals surface area contributed by atoms with Gasteiger partial charge in [-0.3, -0.25) is 9.59 Å². The summed E-state index contributed by atoms with van der Waals surface area (Å²) in [7, 11) is 0. The first-order valence-corrected chi connectivity index (χ1v) is 31.1. The zero-order valence-electron chi connectivity index (χ0n) is 47.2. The van der Waals surface area contributed by atoms with Crippen LogP contribution in [-0.2, 0) is 14.3 Å². The largest absolute Gasteiger partial charge is 0.465 e. The van der Waals surface area contributed by atoms with Gasteiger partial charge in [0.15, 0.2) is 0 Å². The van der Waals surface area contributed by atoms with Crippen LogP contribution in [0.5, 0.6) is 0 Å². The SMILES string of the molecule is CCCCC/C=C\C/C=C\CCCCCCCC(=O)OCC/C=C\C/C=C\CCCCCCCCCCCCCCCCC(=O)NC(CO)C(O)/C=C/CCCCCCCCCCCCCCCCCC. The molecule has 71 heavy (non-hydrogen) atoms. The van der Waals surface area contributed by atoms with Gasteiger partial charge >= 0.3 is 5.97 Å². The Kier molecular flexibility index (Phi) is 58.1. The van der Waals surface area contributed by atoms with Crippen molar-refractivity contribution < 1.29 is 24.5 Å². The van der Waals surface area contributed by atoms with Crippen molar-refractivity contribution in [1.82, 2.24) is 5.32 Å². The molecule has 6 heteroatoms. The monoisotopic (exact) mass is 994 g/mol. The number of aliphatic hydroxyl groups excluding tert-OH is 2. The van der Waals surface area contributed by atoms with Gasteiger partial charge in [0.25, 0.3) is 0 Å². The van der Waals surface area contributed by atoms with E-state index in [-0.39, 0.29) is 18.5 Å². The van der Waals surface area contributed by atoms with E-state index in [0.717, 1.165) is 64.2 Å². The Morgan fingerprint density at radius 3 is 1.10 bits per heavy atom. The molecule has 0 spiro atoms. The minimum Gasteiger partial charge on any atom is -0.465 e. The third-order valence-electron chi connectivity index (χ3n) is 14.0. The minimum absolute atomic E-state index is 0.0503. The van der Waals surface area contributed by atoms with E-state index in [4.69, 9.17) is 4.74 Å². The van der Waals surface area contributed by atoms with Crippen LogP contribution < -0.4 is 5.32 Å². The molecule has 2 unspecified atom stereocenters. The molecule has 0 radical (unpaired) electrons. The number of carbonyl (C=O) groups is 2. The molecule has 0 bridgehead atoms. The van der Waals surface area contributed by atoms with Crippen molar-refractivity contribution in [3.63, 3.8) is 0 Å². The maximum absolute atomic E-state index is 12.5. The van der Waals surface area contributed by atoms with Gasteiger partial charge in [-0.1, -0.05) is 280 Å². The van der Waals surface area contributed by atoms with Gasteiger partial charge < -0.3 is 20.3 Å². The van der Waals surface area contributed by atoms with E-state index in [1.54, 1.807) is 6.08 Å².